The van der Waals surface area contributed by atoms with Crippen LogP contribution in [-0.4, -0.2) is 50.3 Å². The number of halogens is 1. The number of nitrogens with one attached hydrogen (secondary N) is 1. The fraction of sp³-hybridized carbons (Fsp3) is 0.346. The third-order valence-electron chi connectivity index (χ3n) is 5.98. The molecule has 194 valence electrons. The van der Waals surface area contributed by atoms with Crippen molar-refractivity contribution in [2.45, 2.75) is 39.8 Å². The van der Waals surface area contributed by atoms with Crippen LogP contribution in [-0.2, 0) is 17.8 Å². The number of carbonyl (C=O) groups excluding carboxylic acids is 1. The summed E-state index contributed by atoms with van der Waals surface area (Å²) < 4.78 is 21.3. The summed E-state index contributed by atoms with van der Waals surface area (Å²) in [4.78, 5) is 51.7. The van der Waals surface area contributed by atoms with Crippen molar-refractivity contribution in [3.8, 4) is 11.3 Å². The van der Waals surface area contributed by atoms with E-state index in [2.05, 4.69) is 15.0 Å². The smallest absolute Gasteiger partial charge is 0.331 e. The zero-order chi connectivity index (χ0) is 26.5. The van der Waals surface area contributed by atoms with E-state index >= 15 is 0 Å². The van der Waals surface area contributed by atoms with Crippen molar-refractivity contribution >= 4 is 22.8 Å². The van der Waals surface area contributed by atoms with E-state index in [-0.39, 0.29) is 30.0 Å². The first kappa shape index (κ1) is 26.0. The predicted molar refractivity (Wildman–Crippen MR) is 138 cm³/mol. The van der Waals surface area contributed by atoms with E-state index in [9.17, 15) is 18.8 Å². The Labute approximate surface area is 212 Å². The first-order valence-electron chi connectivity index (χ1n) is 12.1. The van der Waals surface area contributed by atoms with Crippen molar-refractivity contribution in [1.82, 2.24) is 24.1 Å². The number of amides is 1. The maximum atomic E-state index is 13.2. The molecule has 0 aliphatic rings. The molecule has 11 heteroatoms. The molecule has 4 heterocycles. The van der Waals surface area contributed by atoms with Crippen LogP contribution < -0.4 is 16.1 Å². The third-order valence-corrected chi connectivity index (χ3v) is 5.98. The molecule has 0 spiro atoms. The number of H-pyrrole nitrogens is 1. The highest BCUT2D eigenvalue weighted by Crippen LogP contribution is 2.24. The Hall–Kier alpha value is -4.12. The first-order valence-corrected chi connectivity index (χ1v) is 12.1. The van der Waals surface area contributed by atoms with Crippen LogP contribution in [0.15, 0.2) is 52.3 Å². The van der Waals surface area contributed by atoms with Crippen LogP contribution in [0.1, 0.15) is 37.0 Å². The Morgan fingerprint density at radius 2 is 1.81 bits per heavy atom. The first-order chi connectivity index (χ1) is 17.9. The maximum absolute atomic E-state index is 13.2. The van der Waals surface area contributed by atoms with Crippen molar-refractivity contribution in [3.63, 3.8) is 0 Å². The number of carbonyl (C=O) groups is 1. The summed E-state index contributed by atoms with van der Waals surface area (Å²) in [5, 5.41) is 0. The number of rotatable bonds is 10. The van der Waals surface area contributed by atoms with Crippen LogP contribution in [0.25, 0.3) is 22.3 Å². The summed E-state index contributed by atoms with van der Waals surface area (Å²) in [5.74, 6) is -0.693. The van der Waals surface area contributed by atoms with Crippen LogP contribution in [0.4, 0.5) is 10.2 Å². The molecule has 0 unspecified atom stereocenters. The molecule has 0 aliphatic carbocycles. The molecule has 37 heavy (non-hydrogen) atoms. The molecule has 0 fully saturated rings. The molecule has 1 amide bonds. The molecule has 0 aromatic carbocycles. The minimum Gasteiger partial charge on any atom is -0.383 e. The van der Waals surface area contributed by atoms with Crippen molar-refractivity contribution < 1.29 is 13.9 Å². The van der Waals surface area contributed by atoms with Gasteiger partial charge in [0.25, 0.3) is 11.5 Å². The number of aromatic nitrogens is 5. The molecule has 1 N–H and O–H groups in total. The Kier molecular flexibility index (Phi) is 7.92. The van der Waals surface area contributed by atoms with Crippen LogP contribution in [0.2, 0.25) is 0 Å². The fourth-order valence-electron chi connectivity index (χ4n) is 4.17. The van der Waals surface area contributed by atoms with E-state index < -0.39 is 11.9 Å². The lowest BCUT2D eigenvalue weighted by Crippen LogP contribution is -2.39. The van der Waals surface area contributed by atoms with Gasteiger partial charge in [-0.1, -0.05) is 13.8 Å². The van der Waals surface area contributed by atoms with E-state index in [0.717, 1.165) is 12.5 Å². The summed E-state index contributed by atoms with van der Waals surface area (Å²) in [5.41, 5.74) is 1.76. The zero-order valence-electron chi connectivity index (χ0n) is 21.0. The number of methoxy groups -OCH3 is 1. The molecule has 10 nitrogen and oxygen atoms in total. The van der Waals surface area contributed by atoms with Gasteiger partial charge in [0.2, 0.25) is 5.95 Å². The number of aromatic amines is 1. The van der Waals surface area contributed by atoms with E-state index in [1.54, 1.807) is 29.0 Å². The number of aryl methyl sites for hydroxylation is 1. The van der Waals surface area contributed by atoms with Gasteiger partial charge in [-0.2, -0.15) is 4.39 Å². The molecular formula is C26H29FN6O4. The SMILES string of the molecule is CCCn1c(=O)c2[nH]c(-c3ccc(N(CCOC)C(=O)c4ccc(F)nc4)nc3)cc2n(CCC)c1=O. The van der Waals surface area contributed by atoms with Gasteiger partial charge in [0.1, 0.15) is 11.3 Å². The van der Waals surface area contributed by atoms with Gasteiger partial charge in [-0.15, -0.1) is 0 Å². The predicted octanol–water partition coefficient (Wildman–Crippen LogP) is 3.20. The molecular weight excluding hydrogens is 479 g/mol. The van der Waals surface area contributed by atoms with Gasteiger partial charge >= 0.3 is 5.69 Å². The van der Waals surface area contributed by atoms with Crippen molar-refractivity contribution in [1.29, 1.82) is 0 Å². The van der Waals surface area contributed by atoms with Crippen molar-refractivity contribution in [2.24, 2.45) is 0 Å². The monoisotopic (exact) mass is 508 g/mol. The van der Waals surface area contributed by atoms with E-state index in [4.69, 9.17) is 4.74 Å². The van der Waals surface area contributed by atoms with E-state index in [1.807, 2.05) is 13.8 Å². The van der Waals surface area contributed by atoms with Gasteiger partial charge in [0.15, 0.2) is 0 Å². The molecule has 4 aromatic heterocycles. The van der Waals surface area contributed by atoms with Gasteiger partial charge in [-0.05, 0) is 43.2 Å². The normalized spacial score (nSPS) is 11.2. The lowest BCUT2D eigenvalue weighted by atomic mass is 10.2. The average Bonchev–Trinajstić information content (AvgIpc) is 3.35. The van der Waals surface area contributed by atoms with Gasteiger partial charge in [-0.3, -0.25) is 23.6 Å². The molecule has 4 aromatic rings. The second-order valence-corrected chi connectivity index (χ2v) is 8.56. The van der Waals surface area contributed by atoms with Gasteiger partial charge in [0.05, 0.1) is 24.2 Å². The van der Waals surface area contributed by atoms with Crippen LogP contribution in [0.3, 0.4) is 0 Å². The Bertz CT molecular complexity index is 1510. The maximum Gasteiger partial charge on any atom is 0.331 e. The van der Waals surface area contributed by atoms with Crippen LogP contribution >= 0.6 is 0 Å². The standard InChI is InChI=1S/C26H29FN6O4/c1-4-10-31-20-14-19(30-23(20)25(35)33(11-5-2)26(31)36)17-7-9-22(29-15-17)32(12-13-37-3)24(34)18-6-8-21(27)28-16-18/h6-9,14-16,30H,4-5,10-13H2,1-3H3. The number of hydrogen-bond acceptors (Lipinski definition) is 6. The van der Waals surface area contributed by atoms with Crippen molar-refractivity contribution in [2.75, 3.05) is 25.2 Å². The molecule has 0 bridgehead atoms. The average molecular weight is 509 g/mol. The zero-order valence-corrected chi connectivity index (χ0v) is 21.0. The minimum atomic E-state index is -0.674. The largest absolute Gasteiger partial charge is 0.383 e. The van der Waals surface area contributed by atoms with Gasteiger partial charge < -0.3 is 9.72 Å². The number of pyridine rings is 2. The van der Waals surface area contributed by atoms with Crippen molar-refractivity contribution in [3.05, 3.63) is 75.1 Å². The molecule has 0 atom stereocenters. The molecule has 0 radical (unpaired) electrons. The van der Waals surface area contributed by atoms with E-state index in [1.165, 1.54) is 28.8 Å². The highest BCUT2D eigenvalue weighted by atomic mass is 19.1. The molecule has 0 saturated heterocycles. The summed E-state index contributed by atoms with van der Waals surface area (Å²) >= 11 is 0. The number of fused-ring (bicyclic) bond motifs is 1. The Balaban J connectivity index is 1.72. The number of nitrogens with zero attached hydrogens (tertiary/aromatic N) is 5. The Morgan fingerprint density at radius 3 is 2.43 bits per heavy atom. The quantitative estimate of drug-likeness (QED) is 0.329. The third kappa shape index (κ3) is 5.21. The number of anilines is 1. The second kappa shape index (κ2) is 11.3. The highest BCUT2D eigenvalue weighted by Gasteiger charge is 2.20. The lowest BCUT2D eigenvalue weighted by Gasteiger charge is -2.21. The van der Waals surface area contributed by atoms with Crippen LogP contribution in [0.5, 0.6) is 0 Å². The highest BCUT2D eigenvalue weighted by molar-refractivity contribution is 6.05. The van der Waals surface area contributed by atoms with Gasteiger partial charge in [0, 0.05) is 43.9 Å². The van der Waals surface area contributed by atoms with Gasteiger partial charge in [-0.25, -0.2) is 14.8 Å². The Morgan fingerprint density at radius 1 is 1.05 bits per heavy atom. The summed E-state index contributed by atoms with van der Waals surface area (Å²) in [6, 6.07) is 7.72. The summed E-state index contributed by atoms with van der Waals surface area (Å²) in [6.07, 6.45) is 4.17. The summed E-state index contributed by atoms with van der Waals surface area (Å²) in [7, 11) is 1.53. The fourth-order valence-corrected chi connectivity index (χ4v) is 4.17. The molecule has 4 rings (SSSR count). The number of hydrogen-bond donors (Lipinski definition) is 1. The van der Waals surface area contributed by atoms with Crippen LogP contribution in [0, 0.1) is 5.95 Å². The number of ether oxygens (including phenoxy) is 1. The molecule has 0 saturated carbocycles. The lowest BCUT2D eigenvalue weighted by molar-refractivity contribution is 0.0974. The second-order valence-electron chi connectivity index (χ2n) is 8.56. The van der Waals surface area contributed by atoms with E-state index in [0.29, 0.717) is 47.6 Å². The minimum absolute atomic E-state index is 0.219. The topological polar surface area (TPSA) is 115 Å². The molecule has 0 aliphatic heterocycles. The summed E-state index contributed by atoms with van der Waals surface area (Å²) in [6.45, 7) is 5.22.